The molecule has 0 atom stereocenters. The van der Waals surface area contributed by atoms with Crippen molar-refractivity contribution in [2.75, 3.05) is 42.4 Å². The summed E-state index contributed by atoms with van der Waals surface area (Å²) in [5.41, 5.74) is -3.27. The van der Waals surface area contributed by atoms with Gasteiger partial charge in [0.15, 0.2) is 0 Å². The number of halogens is 7. The van der Waals surface area contributed by atoms with E-state index in [9.17, 15) is 39.6 Å². The Balaban J connectivity index is 1.74. The molecular formula is C35H38ClF6N3O4S. The predicted octanol–water partition coefficient (Wildman–Crippen LogP) is 8.62. The Morgan fingerprint density at radius 3 is 2.16 bits per heavy atom. The van der Waals surface area contributed by atoms with Crippen LogP contribution < -0.4 is 9.21 Å². The summed E-state index contributed by atoms with van der Waals surface area (Å²) in [6, 6.07) is 11.4. The van der Waals surface area contributed by atoms with Crippen molar-refractivity contribution in [2.45, 2.75) is 63.0 Å². The summed E-state index contributed by atoms with van der Waals surface area (Å²) in [6.45, 7) is 9.37. The highest BCUT2D eigenvalue weighted by atomic mass is 35.5. The quantitative estimate of drug-likeness (QED) is 0.124. The van der Waals surface area contributed by atoms with Crippen molar-refractivity contribution in [2.24, 2.45) is 0 Å². The SMILES string of the molecule is CN(CCN1CCN(S(=O)(=O)c2cccc(C(F)(F)F)c2)c2cc(/C=C/c3c(Cl)cccc3C(F)(F)F)ccc21)C(C)(C)C(=O)OC(C)(C)C. The minimum Gasteiger partial charge on any atom is -0.459 e. The lowest BCUT2D eigenvalue weighted by molar-refractivity contribution is -0.167. The lowest BCUT2D eigenvalue weighted by atomic mass is 10.0. The van der Waals surface area contributed by atoms with Crippen molar-refractivity contribution < 1.29 is 44.3 Å². The molecule has 0 radical (unpaired) electrons. The average molecular weight is 746 g/mol. The number of nitrogens with zero attached hydrogens (tertiary/aromatic N) is 3. The van der Waals surface area contributed by atoms with Gasteiger partial charge in [0.2, 0.25) is 0 Å². The smallest absolute Gasteiger partial charge is 0.417 e. The molecule has 1 aliphatic rings. The fraction of sp³-hybridized carbons (Fsp3) is 0.400. The van der Waals surface area contributed by atoms with Gasteiger partial charge in [-0.1, -0.05) is 42.0 Å². The van der Waals surface area contributed by atoms with Crippen LogP contribution in [0.1, 0.15) is 56.9 Å². The Labute approximate surface area is 293 Å². The minimum absolute atomic E-state index is 0.111. The van der Waals surface area contributed by atoms with Crippen LogP contribution in [0.25, 0.3) is 12.2 Å². The van der Waals surface area contributed by atoms with Crippen molar-refractivity contribution in [3.05, 3.63) is 87.9 Å². The fourth-order valence-corrected chi connectivity index (χ4v) is 6.99. The molecule has 0 bridgehead atoms. The van der Waals surface area contributed by atoms with Gasteiger partial charge in [0, 0.05) is 30.2 Å². The molecule has 7 nitrogen and oxygen atoms in total. The van der Waals surface area contributed by atoms with Gasteiger partial charge in [-0.25, -0.2) is 8.42 Å². The van der Waals surface area contributed by atoms with Crippen LogP contribution in [0.3, 0.4) is 0 Å². The Hall–Kier alpha value is -3.75. The van der Waals surface area contributed by atoms with E-state index >= 15 is 0 Å². The molecule has 0 fully saturated rings. The summed E-state index contributed by atoms with van der Waals surface area (Å²) in [6.07, 6.45) is -6.95. The maximum Gasteiger partial charge on any atom is 0.417 e. The predicted molar refractivity (Wildman–Crippen MR) is 183 cm³/mol. The van der Waals surface area contributed by atoms with Gasteiger partial charge >= 0.3 is 18.3 Å². The van der Waals surface area contributed by atoms with E-state index in [4.69, 9.17) is 16.3 Å². The number of hydrogen-bond donors (Lipinski definition) is 0. The van der Waals surface area contributed by atoms with Gasteiger partial charge in [-0.05, 0) is 89.7 Å². The number of sulfonamides is 1. The first-order valence-corrected chi connectivity index (χ1v) is 17.3. The first-order valence-electron chi connectivity index (χ1n) is 15.5. The molecule has 3 aromatic rings. The standard InChI is InChI=1S/C35H38ClF6N3O4S/c1-32(2,3)49-31(46)33(4,5)43(6)17-18-44-19-20-45(50(47,48)25-10-7-9-24(22-25)34(37,38)39)30-21-23(14-16-29(30)44)13-15-26-27(35(40,41)42)11-8-12-28(26)36/h7-16,21-22H,17-20H2,1-6H3/b15-13+. The van der Waals surface area contributed by atoms with E-state index in [0.717, 1.165) is 28.6 Å². The highest BCUT2D eigenvalue weighted by Crippen LogP contribution is 2.40. The normalized spacial score (nSPS) is 14.8. The molecule has 0 saturated carbocycles. The maximum atomic E-state index is 13.9. The zero-order valence-corrected chi connectivity index (χ0v) is 29.9. The number of hydrogen-bond acceptors (Lipinski definition) is 6. The number of benzene rings is 3. The first-order chi connectivity index (χ1) is 22.9. The number of esters is 1. The molecule has 272 valence electrons. The lowest BCUT2D eigenvalue weighted by Crippen LogP contribution is -2.53. The fourth-order valence-electron chi connectivity index (χ4n) is 5.25. The van der Waals surface area contributed by atoms with E-state index in [-0.39, 0.29) is 29.4 Å². The van der Waals surface area contributed by atoms with Crippen LogP contribution in [-0.4, -0.2) is 63.7 Å². The van der Waals surface area contributed by atoms with Gasteiger partial charge in [0.25, 0.3) is 10.0 Å². The van der Waals surface area contributed by atoms with Crippen LogP contribution in [0.2, 0.25) is 5.02 Å². The first kappa shape index (κ1) is 39.0. The van der Waals surface area contributed by atoms with Crippen molar-refractivity contribution >= 4 is 51.1 Å². The Bertz CT molecular complexity index is 1870. The number of likely N-dealkylation sites (N-methyl/N-ethyl adjacent to an activating group) is 1. The van der Waals surface area contributed by atoms with Gasteiger partial charge in [-0.15, -0.1) is 0 Å². The monoisotopic (exact) mass is 745 g/mol. The molecule has 4 rings (SSSR count). The number of anilines is 2. The summed E-state index contributed by atoms with van der Waals surface area (Å²) in [5, 5.41) is -0.146. The Kier molecular flexibility index (Phi) is 11.0. The van der Waals surface area contributed by atoms with E-state index in [2.05, 4.69) is 0 Å². The maximum absolute atomic E-state index is 13.9. The van der Waals surface area contributed by atoms with Crippen LogP contribution >= 0.6 is 11.6 Å². The summed E-state index contributed by atoms with van der Waals surface area (Å²) >= 11 is 6.12. The zero-order valence-electron chi connectivity index (χ0n) is 28.3. The largest absolute Gasteiger partial charge is 0.459 e. The van der Waals surface area contributed by atoms with E-state index in [1.807, 2.05) is 4.90 Å². The molecule has 0 aromatic heterocycles. The highest BCUT2D eigenvalue weighted by molar-refractivity contribution is 7.92. The molecule has 0 unspecified atom stereocenters. The average Bonchev–Trinajstić information content (AvgIpc) is 3.00. The molecule has 1 heterocycles. The third-order valence-corrected chi connectivity index (χ3v) is 10.4. The van der Waals surface area contributed by atoms with Crippen LogP contribution in [0.5, 0.6) is 0 Å². The number of carbonyl (C=O) groups excluding carboxylic acids is 1. The highest BCUT2D eigenvalue weighted by Gasteiger charge is 2.39. The van der Waals surface area contributed by atoms with Gasteiger partial charge in [0.05, 0.1) is 33.9 Å². The van der Waals surface area contributed by atoms with Gasteiger partial charge < -0.3 is 9.64 Å². The third-order valence-electron chi connectivity index (χ3n) is 8.29. The van der Waals surface area contributed by atoms with Crippen LogP contribution in [0, 0.1) is 0 Å². The van der Waals surface area contributed by atoms with Crippen LogP contribution in [0.15, 0.2) is 65.6 Å². The second-order valence-corrected chi connectivity index (χ2v) is 15.6. The summed E-state index contributed by atoms with van der Waals surface area (Å²) in [4.78, 5) is 16.0. The number of alkyl halides is 6. The van der Waals surface area contributed by atoms with Crippen molar-refractivity contribution in [1.29, 1.82) is 0 Å². The van der Waals surface area contributed by atoms with Crippen molar-refractivity contribution in [3.8, 4) is 0 Å². The number of ether oxygens (including phenoxy) is 1. The molecule has 0 saturated heterocycles. The van der Waals surface area contributed by atoms with E-state index in [0.29, 0.717) is 30.4 Å². The second kappa shape index (κ2) is 14.1. The number of carbonyl (C=O) groups is 1. The van der Waals surface area contributed by atoms with Crippen molar-refractivity contribution in [3.63, 3.8) is 0 Å². The molecular weight excluding hydrogens is 708 g/mol. The van der Waals surface area contributed by atoms with E-state index < -0.39 is 55.5 Å². The number of fused-ring (bicyclic) bond motifs is 1. The van der Waals surface area contributed by atoms with Crippen LogP contribution in [0.4, 0.5) is 37.7 Å². The Morgan fingerprint density at radius 1 is 0.880 bits per heavy atom. The van der Waals surface area contributed by atoms with E-state index in [1.165, 1.54) is 30.4 Å². The molecule has 0 N–H and O–H groups in total. The third kappa shape index (κ3) is 8.75. The molecule has 50 heavy (non-hydrogen) atoms. The second-order valence-electron chi connectivity index (χ2n) is 13.4. The topological polar surface area (TPSA) is 70.2 Å². The number of rotatable bonds is 9. The minimum atomic E-state index is -4.78. The van der Waals surface area contributed by atoms with E-state index in [1.54, 1.807) is 58.7 Å². The summed E-state index contributed by atoms with van der Waals surface area (Å²) in [5.74, 6) is -0.437. The molecule has 0 spiro atoms. The van der Waals surface area contributed by atoms with Gasteiger partial charge in [-0.2, -0.15) is 26.3 Å². The van der Waals surface area contributed by atoms with Crippen molar-refractivity contribution in [1.82, 2.24) is 4.90 Å². The molecule has 1 aliphatic heterocycles. The van der Waals surface area contributed by atoms with Gasteiger partial charge in [-0.3, -0.25) is 14.0 Å². The lowest BCUT2D eigenvalue weighted by Gasteiger charge is -2.41. The molecule has 0 aliphatic carbocycles. The zero-order chi connectivity index (χ0) is 37.4. The molecule has 0 amide bonds. The summed E-state index contributed by atoms with van der Waals surface area (Å²) < 4.78 is 116. The molecule has 15 heteroatoms. The van der Waals surface area contributed by atoms with Crippen LogP contribution in [-0.2, 0) is 31.9 Å². The summed E-state index contributed by atoms with van der Waals surface area (Å²) in [7, 11) is -2.79. The Morgan fingerprint density at radius 2 is 1.54 bits per heavy atom. The van der Waals surface area contributed by atoms with Gasteiger partial charge in [0.1, 0.15) is 11.1 Å². The molecule has 3 aromatic carbocycles.